The molecule has 1 aromatic heterocycles. The molecule has 1 unspecified atom stereocenters. The maximum atomic E-state index is 11.9. The van der Waals surface area contributed by atoms with E-state index < -0.39 is 12.2 Å². The smallest absolute Gasteiger partial charge is 0.408 e. The lowest BCUT2D eigenvalue weighted by molar-refractivity contribution is 0.104. The number of aryl methyl sites for hydroxylation is 1. The second-order valence-electron chi connectivity index (χ2n) is 5.25. The molecule has 1 heterocycles. The van der Waals surface area contributed by atoms with Crippen LogP contribution in [0, 0.1) is 6.92 Å². The molecule has 0 saturated carbocycles. The lowest BCUT2D eigenvalue weighted by Crippen LogP contribution is -2.26. The highest BCUT2D eigenvalue weighted by molar-refractivity contribution is 5.72. The van der Waals surface area contributed by atoms with Crippen LogP contribution in [0.15, 0.2) is 52.9 Å². The Balaban J connectivity index is 2.01. The van der Waals surface area contributed by atoms with Crippen molar-refractivity contribution in [3.8, 4) is 0 Å². The third kappa shape index (κ3) is 3.34. The van der Waals surface area contributed by atoms with Crippen molar-refractivity contribution < 1.29 is 13.9 Å². The van der Waals surface area contributed by atoms with Gasteiger partial charge >= 0.3 is 6.09 Å². The monoisotopic (exact) mass is 310 g/mol. The normalized spacial score (nSPS) is 12.1. The number of hydrogen-bond acceptors (Lipinski definition) is 4. The van der Waals surface area contributed by atoms with Crippen molar-refractivity contribution in [1.82, 2.24) is 10.3 Å². The molecule has 5 heteroatoms. The Morgan fingerprint density at radius 2 is 2.09 bits per heavy atom. The van der Waals surface area contributed by atoms with Crippen molar-refractivity contribution in [3.63, 3.8) is 0 Å². The van der Waals surface area contributed by atoms with Gasteiger partial charge in [-0.25, -0.2) is 9.78 Å². The first-order valence-electron chi connectivity index (χ1n) is 7.54. The lowest BCUT2D eigenvalue weighted by Gasteiger charge is -2.15. The fraction of sp³-hybridized carbons (Fsp3) is 0.222. The highest BCUT2D eigenvalue weighted by Gasteiger charge is 2.24. The van der Waals surface area contributed by atoms with E-state index in [4.69, 9.17) is 9.15 Å². The van der Waals surface area contributed by atoms with E-state index in [0.717, 1.165) is 16.6 Å². The van der Waals surface area contributed by atoms with E-state index in [0.29, 0.717) is 18.0 Å². The number of nitrogens with one attached hydrogen (secondary N) is 1. The molecule has 0 aliphatic heterocycles. The number of fused-ring (bicyclic) bond motifs is 1. The molecule has 0 saturated heterocycles. The number of carbonyl (C=O) groups excluding carboxylic acids is 1. The minimum absolute atomic E-state index is 0.364. The van der Waals surface area contributed by atoms with Crippen LogP contribution in [0.1, 0.15) is 30.0 Å². The van der Waals surface area contributed by atoms with Crippen LogP contribution in [-0.4, -0.2) is 17.6 Å². The Kier molecular flexibility index (Phi) is 4.28. The Hall–Kier alpha value is -2.82. The summed E-state index contributed by atoms with van der Waals surface area (Å²) in [6, 6.07) is 15.2. The van der Waals surface area contributed by atoms with Crippen LogP contribution in [0.5, 0.6) is 0 Å². The number of carbonyl (C=O) groups is 1. The van der Waals surface area contributed by atoms with Crippen molar-refractivity contribution in [2.75, 3.05) is 6.54 Å². The van der Waals surface area contributed by atoms with Crippen molar-refractivity contribution in [1.29, 1.82) is 0 Å². The van der Waals surface area contributed by atoms with Gasteiger partial charge in [-0.05, 0) is 26.0 Å². The molecule has 0 fully saturated rings. The molecule has 1 amide bonds. The topological polar surface area (TPSA) is 64.4 Å². The van der Waals surface area contributed by atoms with Crippen LogP contribution in [0.25, 0.3) is 11.1 Å². The van der Waals surface area contributed by atoms with Gasteiger partial charge in [-0.2, -0.15) is 0 Å². The SMILES string of the molecule is CCNC(=O)OC(c1cccc(C)c1)c1nc2ccccc2o1. The number of alkyl carbamates (subject to hydrolysis) is 1. The number of para-hydroxylation sites is 2. The minimum Gasteiger partial charge on any atom is -0.436 e. The van der Waals surface area contributed by atoms with Crippen molar-refractivity contribution >= 4 is 17.2 Å². The van der Waals surface area contributed by atoms with Gasteiger partial charge in [-0.3, -0.25) is 0 Å². The molecule has 0 spiro atoms. The van der Waals surface area contributed by atoms with Crippen molar-refractivity contribution in [2.24, 2.45) is 0 Å². The number of benzene rings is 2. The third-order valence-electron chi connectivity index (χ3n) is 3.43. The lowest BCUT2D eigenvalue weighted by atomic mass is 10.1. The number of nitrogens with zero attached hydrogens (tertiary/aromatic N) is 1. The van der Waals surface area contributed by atoms with Crippen molar-refractivity contribution in [3.05, 3.63) is 65.5 Å². The van der Waals surface area contributed by atoms with E-state index in [1.165, 1.54) is 0 Å². The maximum absolute atomic E-state index is 11.9. The minimum atomic E-state index is -0.686. The van der Waals surface area contributed by atoms with E-state index in [9.17, 15) is 4.79 Å². The van der Waals surface area contributed by atoms with E-state index in [1.54, 1.807) is 0 Å². The summed E-state index contributed by atoms with van der Waals surface area (Å²) < 4.78 is 11.3. The fourth-order valence-corrected chi connectivity index (χ4v) is 2.39. The van der Waals surface area contributed by atoms with Crippen LogP contribution < -0.4 is 5.32 Å². The van der Waals surface area contributed by atoms with Crippen molar-refractivity contribution in [2.45, 2.75) is 20.0 Å². The zero-order chi connectivity index (χ0) is 16.2. The van der Waals surface area contributed by atoms with E-state index in [2.05, 4.69) is 10.3 Å². The highest BCUT2D eigenvalue weighted by atomic mass is 16.6. The first kappa shape index (κ1) is 15.1. The molecule has 0 radical (unpaired) electrons. The van der Waals surface area contributed by atoms with Crippen LogP contribution in [-0.2, 0) is 4.74 Å². The zero-order valence-corrected chi connectivity index (χ0v) is 13.1. The Morgan fingerprint density at radius 1 is 1.26 bits per heavy atom. The number of rotatable bonds is 4. The van der Waals surface area contributed by atoms with Crippen LogP contribution >= 0.6 is 0 Å². The summed E-state index contributed by atoms with van der Waals surface area (Å²) in [5, 5.41) is 2.63. The number of ether oxygens (including phenoxy) is 1. The number of hydrogen-bond donors (Lipinski definition) is 1. The Labute approximate surface area is 134 Å². The molecular formula is C18H18N2O3. The Morgan fingerprint density at radius 3 is 2.83 bits per heavy atom. The largest absolute Gasteiger partial charge is 0.436 e. The summed E-state index contributed by atoms with van der Waals surface area (Å²) in [4.78, 5) is 16.4. The predicted octanol–water partition coefficient (Wildman–Crippen LogP) is 3.97. The zero-order valence-electron chi connectivity index (χ0n) is 13.1. The summed E-state index contributed by atoms with van der Waals surface area (Å²) in [6.45, 7) is 4.31. The summed E-state index contributed by atoms with van der Waals surface area (Å²) >= 11 is 0. The molecular weight excluding hydrogens is 292 g/mol. The standard InChI is InChI=1S/C18H18N2O3/c1-3-19-18(21)23-16(13-8-6-7-12(2)11-13)17-20-14-9-4-5-10-15(14)22-17/h4-11,16H,3H2,1-2H3,(H,19,21). The van der Waals surface area contributed by atoms with Gasteiger partial charge in [0, 0.05) is 12.1 Å². The third-order valence-corrected chi connectivity index (χ3v) is 3.43. The van der Waals surface area contributed by atoms with E-state index >= 15 is 0 Å². The molecule has 0 aliphatic carbocycles. The summed E-state index contributed by atoms with van der Waals surface area (Å²) in [5.41, 5.74) is 3.30. The summed E-state index contributed by atoms with van der Waals surface area (Å²) in [6.07, 6.45) is -1.19. The van der Waals surface area contributed by atoms with E-state index in [-0.39, 0.29) is 0 Å². The average molecular weight is 310 g/mol. The number of oxazole rings is 1. The molecule has 1 atom stereocenters. The molecule has 1 N–H and O–H groups in total. The van der Waals surface area contributed by atoms with E-state index in [1.807, 2.05) is 62.4 Å². The highest BCUT2D eigenvalue weighted by Crippen LogP contribution is 2.29. The molecule has 0 aliphatic rings. The molecule has 0 bridgehead atoms. The van der Waals surface area contributed by atoms with Gasteiger partial charge in [-0.15, -0.1) is 0 Å². The van der Waals surface area contributed by atoms with Gasteiger partial charge in [0.2, 0.25) is 12.0 Å². The molecule has 3 rings (SSSR count). The molecule has 2 aromatic carbocycles. The maximum Gasteiger partial charge on any atom is 0.408 e. The first-order chi connectivity index (χ1) is 11.2. The van der Waals surface area contributed by atoms with Gasteiger partial charge in [0.05, 0.1) is 0 Å². The number of aromatic nitrogens is 1. The van der Waals surface area contributed by atoms with Crippen LogP contribution in [0.4, 0.5) is 4.79 Å². The predicted molar refractivity (Wildman–Crippen MR) is 87.2 cm³/mol. The molecule has 23 heavy (non-hydrogen) atoms. The van der Waals surface area contributed by atoms with Gasteiger partial charge in [-0.1, -0.05) is 42.0 Å². The number of amides is 1. The van der Waals surface area contributed by atoms with Crippen LogP contribution in [0.3, 0.4) is 0 Å². The van der Waals surface area contributed by atoms with Gasteiger partial charge in [0.1, 0.15) is 5.52 Å². The summed E-state index contributed by atoms with van der Waals surface area (Å²) in [7, 11) is 0. The van der Waals surface area contributed by atoms with Gasteiger partial charge in [0.25, 0.3) is 0 Å². The average Bonchev–Trinajstić information content (AvgIpc) is 2.96. The molecule has 118 valence electrons. The quantitative estimate of drug-likeness (QED) is 0.792. The fourth-order valence-electron chi connectivity index (χ4n) is 2.39. The second kappa shape index (κ2) is 6.52. The second-order valence-corrected chi connectivity index (χ2v) is 5.25. The molecule has 5 nitrogen and oxygen atoms in total. The van der Waals surface area contributed by atoms with Crippen LogP contribution in [0.2, 0.25) is 0 Å². The van der Waals surface area contributed by atoms with Gasteiger partial charge < -0.3 is 14.5 Å². The first-order valence-corrected chi connectivity index (χ1v) is 7.54. The van der Waals surface area contributed by atoms with Gasteiger partial charge in [0.15, 0.2) is 5.58 Å². The molecule has 3 aromatic rings. The Bertz CT molecular complexity index is 793. The summed E-state index contributed by atoms with van der Waals surface area (Å²) in [5.74, 6) is 0.364.